The van der Waals surface area contributed by atoms with E-state index in [4.69, 9.17) is 4.74 Å². The molecule has 1 saturated carbocycles. The Labute approximate surface area is 124 Å². The minimum Gasteiger partial charge on any atom is -0.366 e. The quantitative estimate of drug-likeness (QED) is 0.918. The summed E-state index contributed by atoms with van der Waals surface area (Å²) in [4.78, 5) is 14.5. The van der Waals surface area contributed by atoms with Gasteiger partial charge in [0.25, 0.3) is 5.91 Å². The van der Waals surface area contributed by atoms with Crippen molar-refractivity contribution in [3.63, 3.8) is 0 Å². The Morgan fingerprint density at radius 3 is 2.81 bits per heavy atom. The third-order valence-electron chi connectivity index (χ3n) is 4.30. The molecule has 1 heterocycles. The van der Waals surface area contributed by atoms with Gasteiger partial charge in [-0.1, -0.05) is 18.2 Å². The van der Waals surface area contributed by atoms with Gasteiger partial charge >= 0.3 is 0 Å². The van der Waals surface area contributed by atoms with E-state index >= 15 is 0 Å². The summed E-state index contributed by atoms with van der Waals surface area (Å²) in [5.74, 6) is -0.271. The van der Waals surface area contributed by atoms with Crippen molar-refractivity contribution in [3.8, 4) is 0 Å². The van der Waals surface area contributed by atoms with Crippen molar-refractivity contribution in [2.24, 2.45) is 0 Å². The fraction of sp³-hybridized carbons (Fsp3) is 0.562. The van der Waals surface area contributed by atoms with Crippen LogP contribution in [0.3, 0.4) is 0 Å². The monoisotopic (exact) mass is 292 g/mol. The van der Waals surface area contributed by atoms with E-state index in [-0.39, 0.29) is 17.8 Å². The Morgan fingerprint density at radius 1 is 1.38 bits per heavy atom. The summed E-state index contributed by atoms with van der Waals surface area (Å²) >= 11 is 0. The van der Waals surface area contributed by atoms with E-state index in [1.54, 1.807) is 23.1 Å². The molecular weight excluding hydrogens is 271 g/mol. The second-order valence-electron chi connectivity index (χ2n) is 5.71. The zero-order valence-corrected chi connectivity index (χ0v) is 12.1. The lowest BCUT2D eigenvalue weighted by atomic mass is 9.90. The van der Waals surface area contributed by atoms with Crippen molar-refractivity contribution in [2.75, 3.05) is 19.7 Å². The van der Waals surface area contributed by atoms with Crippen LogP contribution < -0.4 is 5.32 Å². The van der Waals surface area contributed by atoms with Crippen molar-refractivity contribution in [3.05, 3.63) is 35.6 Å². The van der Waals surface area contributed by atoms with Crippen LogP contribution in [0.4, 0.5) is 4.39 Å². The smallest absolute Gasteiger partial charge is 0.253 e. The van der Waals surface area contributed by atoms with Crippen LogP contribution in [0.1, 0.15) is 24.8 Å². The summed E-state index contributed by atoms with van der Waals surface area (Å²) in [5.41, 5.74) is 0.571. The van der Waals surface area contributed by atoms with Crippen LogP contribution in [0.5, 0.6) is 0 Å². The molecule has 21 heavy (non-hydrogen) atoms. The zero-order chi connectivity index (χ0) is 14.7. The maximum Gasteiger partial charge on any atom is 0.253 e. The number of carbonyl (C=O) groups excluding carboxylic acids is 1. The van der Waals surface area contributed by atoms with Gasteiger partial charge in [-0.05, 0) is 25.3 Å². The van der Waals surface area contributed by atoms with Gasteiger partial charge < -0.3 is 15.0 Å². The molecule has 0 bridgehead atoms. The molecule has 0 spiro atoms. The molecule has 0 aromatic heterocycles. The second-order valence-corrected chi connectivity index (χ2v) is 5.71. The summed E-state index contributed by atoms with van der Waals surface area (Å²) in [6, 6.07) is 6.89. The van der Waals surface area contributed by atoms with Gasteiger partial charge in [0.05, 0.1) is 6.61 Å². The molecule has 1 unspecified atom stereocenters. The van der Waals surface area contributed by atoms with E-state index in [1.807, 2.05) is 0 Å². The molecule has 1 atom stereocenters. The van der Waals surface area contributed by atoms with Crippen LogP contribution in [0.2, 0.25) is 0 Å². The normalized spacial score (nSPS) is 22.6. The van der Waals surface area contributed by atoms with Gasteiger partial charge in [-0.2, -0.15) is 0 Å². The molecule has 4 nitrogen and oxygen atoms in total. The molecule has 1 aromatic carbocycles. The van der Waals surface area contributed by atoms with Crippen molar-refractivity contribution in [2.45, 2.75) is 38.0 Å². The Bertz CT molecular complexity index is 499. The van der Waals surface area contributed by atoms with Crippen LogP contribution in [0, 0.1) is 5.82 Å². The van der Waals surface area contributed by atoms with Crippen LogP contribution in [-0.4, -0.2) is 42.6 Å². The Balaban J connectivity index is 1.74. The van der Waals surface area contributed by atoms with Crippen molar-refractivity contribution in [1.82, 2.24) is 10.2 Å². The molecule has 114 valence electrons. The highest BCUT2D eigenvalue weighted by Gasteiger charge is 2.34. The highest BCUT2D eigenvalue weighted by molar-refractivity contribution is 5.81. The Hall–Kier alpha value is -1.46. The maximum absolute atomic E-state index is 13.9. The lowest BCUT2D eigenvalue weighted by Gasteiger charge is -2.40. The molecule has 1 saturated heterocycles. The number of rotatable bonds is 4. The number of halogens is 1. The van der Waals surface area contributed by atoms with E-state index in [1.165, 1.54) is 6.07 Å². The first kappa shape index (κ1) is 14.5. The van der Waals surface area contributed by atoms with E-state index < -0.39 is 6.10 Å². The predicted molar refractivity (Wildman–Crippen MR) is 77.2 cm³/mol. The third kappa shape index (κ3) is 3.24. The van der Waals surface area contributed by atoms with Gasteiger partial charge in [0.2, 0.25) is 0 Å². The summed E-state index contributed by atoms with van der Waals surface area (Å²) in [6.07, 6.45) is 2.70. The molecule has 2 fully saturated rings. The lowest BCUT2D eigenvalue weighted by molar-refractivity contribution is -0.150. The first-order valence-electron chi connectivity index (χ1n) is 7.62. The van der Waals surface area contributed by atoms with Gasteiger partial charge in [-0.15, -0.1) is 0 Å². The van der Waals surface area contributed by atoms with Gasteiger partial charge in [-0.25, -0.2) is 4.39 Å². The Morgan fingerprint density at radius 2 is 2.19 bits per heavy atom. The van der Waals surface area contributed by atoms with Crippen molar-refractivity contribution < 1.29 is 13.9 Å². The first-order chi connectivity index (χ1) is 10.3. The number of morpholine rings is 1. The van der Waals surface area contributed by atoms with Crippen LogP contribution in [0.15, 0.2) is 24.3 Å². The van der Waals surface area contributed by atoms with Gasteiger partial charge in [0.1, 0.15) is 11.9 Å². The van der Waals surface area contributed by atoms with Gasteiger partial charge in [0, 0.05) is 31.2 Å². The molecule has 5 heteroatoms. The van der Waals surface area contributed by atoms with E-state index in [2.05, 4.69) is 5.32 Å². The lowest BCUT2D eigenvalue weighted by Crippen LogP contribution is -2.53. The average Bonchev–Trinajstić information content (AvgIpc) is 2.47. The molecule has 1 aliphatic carbocycles. The number of hydrogen-bond donors (Lipinski definition) is 1. The minimum absolute atomic E-state index is 0.0184. The number of hydrogen-bond acceptors (Lipinski definition) is 3. The van der Waals surface area contributed by atoms with E-state index in [0.717, 1.165) is 25.8 Å². The first-order valence-corrected chi connectivity index (χ1v) is 7.62. The number of benzene rings is 1. The molecule has 2 aliphatic rings. The number of amides is 1. The summed E-state index contributed by atoms with van der Waals surface area (Å²) in [5, 5.41) is 3.17. The van der Waals surface area contributed by atoms with E-state index in [9.17, 15) is 9.18 Å². The molecule has 1 amide bonds. The zero-order valence-electron chi connectivity index (χ0n) is 12.1. The third-order valence-corrected chi connectivity index (χ3v) is 4.30. The Kier molecular flexibility index (Phi) is 4.51. The molecule has 0 radical (unpaired) electrons. The number of ether oxygens (including phenoxy) is 1. The van der Waals surface area contributed by atoms with Gasteiger partial charge in [0.15, 0.2) is 0 Å². The summed E-state index contributed by atoms with van der Waals surface area (Å²) < 4.78 is 19.4. The van der Waals surface area contributed by atoms with Crippen molar-refractivity contribution in [1.29, 1.82) is 0 Å². The molecule has 3 rings (SSSR count). The molecule has 1 aliphatic heterocycles. The number of carbonyl (C=O) groups is 1. The number of nitrogens with zero attached hydrogens (tertiary/aromatic N) is 1. The average molecular weight is 292 g/mol. The highest BCUT2D eigenvalue weighted by Crippen LogP contribution is 2.27. The van der Waals surface area contributed by atoms with Gasteiger partial charge in [-0.3, -0.25) is 4.79 Å². The standard InChI is InChI=1S/C16H21FN2O2/c17-14-7-2-1-4-12(14)11-19(13-5-3-6-13)16(20)15-10-18-8-9-21-15/h1-2,4,7,13,15,18H,3,5-6,8-11H2. The number of nitrogens with one attached hydrogen (secondary N) is 1. The van der Waals surface area contributed by atoms with E-state index in [0.29, 0.717) is 25.3 Å². The summed E-state index contributed by atoms with van der Waals surface area (Å²) in [6.45, 7) is 2.20. The topological polar surface area (TPSA) is 41.6 Å². The second kappa shape index (κ2) is 6.54. The predicted octanol–water partition coefficient (Wildman–Crippen LogP) is 1.70. The fourth-order valence-electron chi connectivity index (χ4n) is 2.80. The minimum atomic E-state index is -0.439. The fourth-order valence-corrected chi connectivity index (χ4v) is 2.80. The molecule has 1 N–H and O–H groups in total. The molecule has 1 aromatic rings. The highest BCUT2D eigenvalue weighted by atomic mass is 19.1. The molecular formula is C16H21FN2O2. The van der Waals surface area contributed by atoms with Crippen LogP contribution >= 0.6 is 0 Å². The SMILES string of the molecule is O=C(C1CNCCO1)N(Cc1ccccc1F)C1CCC1. The summed E-state index contributed by atoms with van der Waals surface area (Å²) in [7, 11) is 0. The maximum atomic E-state index is 13.9. The van der Waals surface area contributed by atoms with Crippen LogP contribution in [0.25, 0.3) is 0 Å². The van der Waals surface area contributed by atoms with Crippen LogP contribution in [-0.2, 0) is 16.1 Å². The largest absolute Gasteiger partial charge is 0.366 e. The van der Waals surface area contributed by atoms with Crippen molar-refractivity contribution >= 4 is 5.91 Å².